The smallest absolute Gasteiger partial charge is 0.334 e. The molecule has 0 aromatic heterocycles. The van der Waals surface area contributed by atoms with Crippen molar-refractivity contribution in [2.75, 3.05) is 7.11 Å². The Labute approximate surface area is 119 Å². The van der Waals surface area contributed by atoms with Crippen molar-refractivity contribution < 1.29 is 14.6 Å². The van der Waals surface area contributed by atoms with Gasteiger partial charge < -0.3 is 9.84 Å². The Hall–Kier alpha value is -0.590. The number of rotatable bonds is 4. The summed E-state index contributed by atoms with van der Waals surface area (Å²) < 4.78 is 6.21. The number of hydrogen-bond acceptors (Lipinski definition) is 3. The van der Waals surface area contributed by atoms with Crippen LogP contribution >= 0.6 is 34.2 Å². The SMILES string of the molecule is COC(=O)/C(=C\I)CC(O)c1ccccc1Cl. The summed E-state index contributed by atoms with van der Waals surface area (Å²) in [6.07, 6.45) is -0.636. The molecule has 0 aliphatic heterocycles. The second-order valence-electron chi connectivity index (χ2n) is 3.37. The predicted molar refractivity (Wildman–Crippen MR) is 75.1 cm³/mol. The van der Waals surface area contributed by atoms with Crippen LogP contribution in [0.5, 0.6) is 0 Å². The molecule has 1 aromatic rings. The van der Waals surface area contributed by atoms with Gasteiger partial charge in [0.05, 0.1) is 13.2 Å². The molecule has 0 radical (unpaired) electrons. The van der Waals surface area contributed by atoms with E-state index in [-0.39, 0.29) is 6.42 Å². The van der Waals surface area contributed by atoms with Crippen molar-refractivity contribution in [3.8, 4) is 0 Å². The molecule has 0 fully saturated rings. The molecule has 0 aliphatic carbocycles. The molecule has 0 saturated heterocycles. The highest BCUT2D eigenvalue weighted by atomic mass is 127. The summed E-state index contributed by atoms with van der Waals surface area (Å²) in [4.78, 5) is 11.4. The van der Waals surface area contributed by atoms with E-state index in [9.17, 15) is 9.90 Å². The minimum Gasteiger partial charge on any atom is -0.466 e. The highest BCUT2D eigenvalue weighted by Crippen LogP contribution is 2.27. The first-order chi connectivity index (χ1) is 8.10. The lowest BCUT2D eigenvalue weighted by molar-refractivity contribution is -0.136. The van der Waals surface area contributed by atoms with Gasteiger partial charge in [0.25, 0.3) is 0 Å². The molecule has 3 nitrogen and oxygen atoms in total. The third kappa shape index (κ3) is 3.97. The number of benzene rings is 1. The molecular weight excluding hydrogens is 354 g/mol. The lowest BCUT2D eigenvalue weighted by atomic mass is 10.0. The van der Waals surface area contributed by atoms with Gasteiger partial charge in [0.1, 0.15) is 0 Å². The van der Waals surface area contributed by atoms with Gasteiger partial charge in [-0.3, -0.25) is 0 Å². The second kappa shape index (κ2) is 6.98. The van der Waals surface area contributed by atoms with Gasteiger partial charge in [-0.2, -0.15) is 0 Å². The van der Waals surface area contributed by atoms with Crippen LogP contribution in [-0.2, 0) is 9.53 Å². The molecule has 0 aliphatic rings. The van der Waals surface area contributed by atoms with Crippen molar-refractivity contribution in [3.05, 3.63) is 44.5 Å². The molecule has 1 aromatic carbocycles. The van der Waals surface area contributed by atoms with Crippen LogP contribution in [0.3, 0.4) is 0 Å². The van der Waals surface area contributed by atoms with E-state index in [1.165, 1.54) is 7.11 Å². The van der Waals surface area contributed by atoms with E-state index < -0.39 is 12.1 Å². The molecule has 1 N–H and O–H groups in total. The van der Waals surface area contributed by atoms with Gasteiger partial charge >= 0.3 is 5.97 Å². The minimum absolute atomic E-state index is 0.180. The van der Waals surface area contributed by atoms with E-state index in [0.717, 1.165) is 0 Å². The first kappa shape index (κ1) is 14.5. The first-order valence-corrected chi connectivity index (χ1v) is 6.52. The number of hydrogen-bond donors (Lipinski definition) is 1. The van der Waals surface area contributed by atoms with Gasteiger partial charge in [-0.1, -0.05) is 52.4 Å². The van der Waals surface area contributed by atoms with E-state index in [1.54, 1.807) is 28.3 Å². The molecule has 0 amide bonds. The fraction of sp³-hybridized carbons (Fsp3) is 0.250. The van der Waals surface area contributed by atoms with Crippen molar-refractivity contribution in [1.82, 2.24) is 0 Å². The zero-order valence-electron chi connectivity index (χ0n) is 9.19. The highest BCUT2D eigenvalue weighted by Gasteiger charge is 2.17. The van der Waals surface area contributed by atoms with Gasteiger partial charge in [0.15, 0.2) is 0 Å². The summed E-state index contributed by atoms with van der Waals surface area (Å²) in [5.74, 6) is -0.439. The summed E-state index contributed by atoms with van der Waals surface area (Å²) in [5.41, 5.74) is 1.02. The zero-order valence-corrected chi connectivity index (χ0v) is 12.1. The summed E-state index contributed by atoms with van der Waals surface area (Å²) in [6.45, 7) is 0. The molecule has 1 atom stereocenters. The van der Waals surface area contributed by atoms with Gasteiger partial charge in [-0.05, 0) is 15.7 Å². The van der Waals surface area contributed by atoms with E-state index in [1.807, 2.05) is 22.6 Å². The number of esters is 1. The Kier molecular flexibility index (Phi) is 5.94. The largest absolute Gasteiger partial charge is 0.466 e. The maximum absolute atomic E-state index is 11.4. The Morgan fingerprint density at radius 3 is 2.76 bits per heavy atom. The second-order valence-corrected chi connectivity index (χ2v) is 4.40. The standard InChI is InChI=1S/C12H12ClIO3/c1-17-12(16)8(7-14)6-11(15)9-4-2-3-5-10(9)13/h2-5,7,11,15H,6H2,1H3/b8-7-. The maximum atomic E-state index is 11.4. The Morgan fingerprint density at radius 2 is 2.24 bits per heavy atom. The zero-order chi connectivity index (χ0) is 12.8. The number of halogens is 2. The third-order valence-electron chi connectivity index (χ3n) is 2.26. The van der Waals surface area contributed by atoms with Crippen molar-refractivity contribution in [1.29, 1.82) is 0 Å². The van der Waals surface area contributed by atoms with Crippen LogP contribution in [0.4, 0.5) is 0 Å². The fourth-order valence-corrected chi connectivity index (χ4v) is 2.14. The number of aliphatic hydroxyl groups excluding tert-OH is 1. The van der Waals surface area contributed by atoms with Gasteiger partial charge in [0.2, 0.25) is 0 Å². The third-order valence-corrected chi connectivity index (χ3v) is 3.35. The lowest BCUT2D eigenvalue weighted by Crippen LogP contribution is -2.09. The maximum Gasteiger partial charge on any atom is 0.334 e. The van der Waals surface area contributed by atoms with Crippen LogP contribution in [0.2, 0.25) is 5.02 Å². The molecule has 5 heteroatoms. The van der Waals surface area contributed by atoms with E-state index in [4.69, 9.17) is 11.6 Å². The van der Waals surface area contributed by atoms with E-state index in [2.05, 4.69) is 4.74 Å². The topological polar surface area (TPSA) is 46.5 Å². The minimum atomic E-state index is -0.816. The predicted octanol–water partition coefficient (Wildman–Crippen LogP) is 3.26. The Balaban J connectivity index is 2.82. The monoisotopic (exact) mass is 366 g/mol. The van der Waals surface area contributed by atoms with Crippen LogP contribution in [0.1, 0.15) is 18.1 Å². The molecule has 0 heterocycles. The van der Waals surface area contributed by atoms with Crippen molar-refractivity contribution in [2.45, 2.75) is 12.5 Å². The summed E-state index contributed by atoms with van der Waals surface area (Å²) >= 11 is 7.90. The van der Waals surface area contributed by atoms with Gasteiger partial charge in [0, 0.05) is 17.0 Å². The average Bonchev–Trinajstić information content (AvgIpc) is 2.35. The number of carbonyl (C=O) groups is 1. The van der Waals surface area contributed by atoms with E-state index >= 15 is 0 Å². The number of carbonyl (C=O) groups excluding carboxylic acids is 1. The Morgan fingerprint density at radius 1 is 1.59 bits per heavy atom. The summed E-state index contributed by atoms with van der Waals surface area (Å²) in [5, 5.41) is 10.5. The normalized spacial score (nSPS) is 13.3. The van der Waals surface area contributed by atoms with Crippen LogP contribution in [0, 0.1) is 0 Å². The molecule has 92 valence electrons. The molecule has 17 heavy (non-hydrogen) atoms. The molecular formula is C12H12ClIO3. The van der Waals surface area contributed by atoms with Crippen LogP contribution < -0.4 is 0 Å². The highest BCUT2D eigenvalue weighted by molar-refractivity contribution is 14.1. The fourth-order valence-electron chi connectivity index (χ4n) is 1.37. The van der Waals surface area contributed by atoms with Crippen LogP contribution in [0.25, 0.3) is 0 Å². The lowest BCUT2D eigenvalue weighted by Gasteiger charge is -2.13. The van der Waals surface area contributed by atoms with Crippen LogP contribution in [0.15, 0.2) is 33.9 Å². The first-order valence-electron chi connectivity index (χ1n) is 4.90. The van der Waals surface area contributed by atoms with Crippen molar-refractivity contribution in [2.24, 2.45) is 0 Å². The number of ether oxygens (including phenoxy) is 1. The molecule has 0 bridgehead atoms. The number of aliphatic hydroxyl groups is 1. The van der Waals surface area contributed by atoms with Gasteiger partial charge in [-0.15, -0.1) is 0 Å². The number of methoxy groups -OCH3 is 1. The Bertz CT molecular complexity index is 432. The summed E-state index contributed by atoms with van der Waals surface area (Å²) in [6, 6.07) is 7.00. The van der Waals surface area contributed by atoms with Gasteiger partial charge in [-0.25, -0.2) is 4.79 Å². The van der Waals surface area contributed by atoms with Crippen molar-refractivity contribution in [3.63, 3.8) is 0 Å². The molecule has 0 spiro atoms. The van der Waals surface area contributed by atoms with E-state index in [0.29, 0.717) is 16.2 Å². The van der Waals surface area contributed by atoms with Crippen molar-refractivity contribution >= 4 is 40.2 Å². The summed E-state index contributed by atoms with van der Waals surface area (Å²) in [7, 11) is 1.31. The average molecular weight is 367 g/mol. The molecule has 1 unspecified atom stereocenters. The van der Waals surface area contributed by atoms with Crippen LogP contribution in [-0.4, -0.2) is 18.2 Å². The molecule has 0 saturated carbocycles. The molecule has 1 rings (SSSR count). The quantitative estimate of drug-likeness (QED) is 0.505.